The van der Waals surface area contributed by atoms with Crippen molar-refractivity contribution in [3.8, 4) is 5.75 Å². The lowest BCUT2D eigenvalue weighted by Gasteiger charge is -2.06. The van der Waals surface area contributed by atoms with E-state index >= 15 is 0 Å². The first kappa shape index (κ1) is 20.5. The fourth-order valence-electron chi connectivity index (χ4n) is 3.64. The SMILES string of the molecule is CC1=C(CCON=CCOc2ccccc2)c2cc(F)ccc2/C1=C\c1ccncc1. The quantitative estimate of drug-likeness (QED) is 0.257. The molecule has 1 aliphatic rings. The van der Waals surface area contributed by atoms with Crippen LogP contribution in [0.5, 0.6) is 5.75 Å². The second-order valence-corrected chi connectivity index (χ2v) is 7.13. The van der Waals surface area contributed by atoms with E-state index in [2.05, 4.69) is 23.1 Å². The summed E-state index contributed by atoms with van der Waals surface area (Å²) in [5.74, 6) is 0.541. The number of hydrogen-bond donors (Lipinski definition) is 0. The predicted octanol–water partition coefficient (Wildman–Crippen LogP) is 6.02. The van der Waals surface area contributed by atoms with Gasteiger partial charge in [-0.15, -0.1) is 0 Å². The van der Waals surface area contributed by atoms with Crippen molar-refractivity contribution in [2.45, 2.75) is 13.3 Å². The van der Waals surface area contributed by atoms with Crippen LogP contribution in [0.25, 0.3) is 17.2 Å². The second kappa shape index (κ2) is 9.85. The lowest BCUT2D eigenvalue weighted by molar-refractivity contribution is 0.150. The first-order chi connectivity index (χ1) is 15.2. The van der Waals surface area contributed by atoms with Gasteiger partial charge in [0.05, 0.1) is 6.21 Å². The highest BCUT2D eigenvalue weighted by Crippen LogP contribution is 2.43. The molecule has 2 aromatic carbocycles. The highest BCUT2D eigenvalue weighted by molar-refractivity contribution is 6.05. The second-order valence-electron chi connectivity index (χ2n) is 7.13. The Balaban J connectivity index is 1.41. The van der Waals surface area contributed by atoms with Crippen molar-refractivity contribution < 1.29 is 14.0 Å². The normalized spacial score (nSPS) is 14.3. The minimum absolute atomic E-state index is 0.244. The zero-order valence-electron chi connectivity index (χ0n) is 17.3. The van der Waals surface area contributed by atoms with Crippen LogP contribution in [0.3, 0.4) is 0 Å². The van der Waals surface area contributed by atoms with Gasteiger partial charge < -0.3 is 9.57 Å². The minimum atomic E-state index is -0.244. The Hall–Kier alpha value is -3.73. The van der Waals surface area contributed by atoms with Crippen LogP contribution in [0.2, 0.25) is 0 Å². The average molecular weight is 414 g/mol. The van der Waals surface area contributed by atoms with Crippen LogP contribution in [0.1, 0.15) is 30.0 Å². The molecule has 4 nitrogen and oxygen atoms in total. The summed E-state index contributed by atoms with van der Waals surface area (Å²) in [6, 6.07) is 18.4. The largest absolute Gasteiger partial charge is 0.488 e. The van der Waals surface area contributed by atoms with Crippen LogP contribution in [0.4, 0.5) is 4.39 Å². The lowest BCUT2D eigenvalue weighted by atomic mass is 10.0. The standard InChI is InChI=1S/C26H23FN2O2/c1-19-23(11-15-31-29-14-16-30-22-5-3-2-4-6-22)26-18-21(27)7-8-24(26)25(19)17-20-9-12-28-13-10-20/h2-10,12-14,17-18H,11,15-16H2,1H3/b25-17-,29-14?. The van der Waals surface area contributed by atoms with Crippen molar-refractivity contribution in [1.29, 1.82) is 0 Å². The van der Waals surface area contributed by atoms with Gasteiger partial charge in [-0.3, -0.25) is 4.98 Å². The number of pyridine rings is 1. The molecule has 4 rings (SSSR count). The number of para-hydroxylation sites is 1. The van der Waals surface area contributed by atoms with Crippen LogP contribution in [0.15, 0.2) is 83.8 Å². The van der Waals surface area contributed by atoms with Gasteiger partial charge in [0.25, 0.3) is 0 Å². The van der Waals surface area contributed by atoms with Gasteiger partial charge in [0.1, 0.15) is 24.8 Å². The van der Waals surface area contributed by atoms with E-state index in [0.29, 0.717) is 19.6 Å². The highest BCUT2D eigenvalue weighted by Gasteiger charge is 2.24. The lowest BCUT2D eigenvalue weighted by Crippen LogP contribution is -1.99. The molecule has 0 saturated carbocycles. The number of fused-ring (bicyclic) bond motifs is 1. The third-order valence-electron chi connectivity index (χ3n) is 5.13. The molecule has 156 valence electrons. The Kier molecular flexibility index (Phi) is 6.53. The summed E-state index contributed by atoms with van der Waals surface area (Å²) >= 11 is 0. The molecule has 0 amide bonds. The topological polar surface area (TPSA) is 43.7 Å². The molecule has 0 bridgehead atoms. The molecule has 0 saturated heterocycles. The van der Waals surface area contributed by atoms with Crippen molar-refractivity contribution >= 4 is 23.4 Å². The van der Waals surface area contributed by atoms with E-state index in [1.54, 1.807) is 24.7 Å². The molecule has 0 atom stereocenters. The highest BCUT2D eigenvalue weighted by atomic mass is 19.1. The van der Waals surface area contributed by atoms with Crippen molar-refractivity contribution in [3.05, 3.63) is 101 Å². The molecule has 31 heavy (non-hydrogen) atoms. The van der Waals surface area contributed by atoms with Gasteiger partial charge in [0.15, 0.2) is 0 Å². The zero-order valence-corrected chi connectivity index (χ0v) is 17.3. The number of oxime groups is 1. The van der Waals surface area contributed by atoms with E-state index in [4.69, 9.17) is 9.57 Å². The number of halogens is 1. The molecule has 0 aliphatic heterocycles. The van der Waals surface area contributed by atoms with Crippen molar-refractivity contribution in [1.82, 2.24) is 4.98 Å². The molecule has 3 aromatic rings. The van der Waals surface area contributed by atoms with E-state index in [0.717, 1.165) is 39.2 Å². The molecule has 1 heterocycles. The molecule has 5 heteroatoms. The maximum absolute atomic E-state index is 14.0. The molecule has 1 aromatic heterocycles. The van der Waals surface area contributed by atoms with Crippen LogP contribution in [-0.4, -0.2) is 24.4 Å². The summed E-state index contributed by atoms with van der Waals surface area (Å²) in [5, 5.41) is 3.96. The molecule has 0 unspecified atom stereocenters. The maximum Gasteiger partial charge on any atom is 0.127 e. The van der Waals surface area contributed by atoms with Gasteiger partial charge in [-0.2, -0.15) is 0 Å². The summed E-state index contributed by atoms with van der Waals surface area (Å²) in [4.78, 5) is 9.48. The summed E-state index contributed by atoms with van der Waals surface area (Å²) in [6.07, 6.45) is 7.86. The van der Waals surface area contributed by atoms with E-state index in [1.807, 2.05) is 48.5 Å². The third kappa shape index (κ3) is 5.07. The average Bonchev–Trinajstić information content (AvgIpc) is 3.05. The zero-order chi connectivity index (χ0) is 21.5. The van der Waals surface area contributed by atoms with E-state index in [-0.39, 0.29) is 5.82 Å². The molecule has 0 fully saturated rings. The Bertz CT molecular complexity index is 1120. The number of rotatable bonds is 8. The summed E-state index contributed by atoms with van der Waals surface area (Å²) < 4.78 is 19.5. The summed E-state index contributed by atoms with van der Waals surface area (Å²) in [7, 11) is 0. The predicted molar refractivity (Wildman–Crippen MR) is 122 cm³/mol. The van der Waals surface area contributed by atoms with Gasteiger partial charge in [-0.05, 0) is 82.8 Å². The molecule has 0 N–H and O–H groups in total. The number of allylic oxidation sites excluding steroid dienone is 2. The molecule has 0 spiro atoms. The number of hydrogen-bond acceptors (Lipinski definition) is 4. The Labute approximate surface area is 181 Å². The van der Waals surface area contributed by atoms with Gasteiger partial charge in [0, 0.05) is 18.8 Å². The summed E-state index contributed by atoms with van der Waals surface area (Å²) in [6.45, 7) is 2.79. The Morgan fingerprint density at radius 3 is 2.61 bits per heavy atom. The van der Waals surface area contributed by atoms with Crippen LogP contribution in [-0.2, 0) is 4.84 Å². The summed E-state index contributed by atoms with van der Waals surface area (Å²) in [5.41, 5.74) is 6.29. The van der Waals surface area contributed by atoms with E-state index in [1.165, 1.54) is 6.07 Å². The van der Waals surface area contributed by atoms with Crippen LogP contribution in [0, 0.1) is 5.82 Å². The number of aromatic nitrogens is 1. The monoisotopic (exact) mass is 414 g/mol. The fourth-order valence-corrected chi connectivity index (χ4v) is 3.64. The molecular formula is C26H23FN2O2. The van der Waals surface area contributed by atoms with Gasteiger partial charge in [-0.25, -0.2) is 4.39 Å². The fraction of sp³-hybridized carbons (Fsp3) is 0.154. The molecule has 1 aliphatic carbocycles. The van der Waals surface area contributed by atoms with Crippen molar-refractivity contribution in [2.24, 2.45) is 5.16 Å². The van der Waals surface area contributed by atoms with Crippen LogP contribution < -0.4 is 4.74 Å². The smallest absolute Gasteiger partial charge is 0.127 e. The first-order valence-electron chi connectivity index (χ1n) is 10.2. The van der Waals surface area contributed by atoms with Gasteiger partial charge in [0.2, 0.25) is 0 Å². The number of benzene rings is 2. The minimum Gasteiger partial charge on any atom is -0.488 e. The van der Waals surface area contributed by atoms with E-state index in [9.17, 15) is 4.39 Å². The van der Waals surface area contributed by atoms with Gasteiger partial charge >= 0.3 is 0 Å². The van der Waals surface area contributed by atoms with E-state index < -0.39 is 0 Å². The van der Waals surface area contributed by atoms with Crippen molar-refractivity contribution in [2.75, 3.05) is 13.2 Å². The Morgan fingerprint density at radius 1 is 1.00 bits per heavy atom. The van der Waals surface area contributed by atoms with Crippen molar-refractivity contribution in [3.63, 3.8) is 0 Å². The number of nitrogens with zero attached hydrogens (tertiary/aromatic N) is 2. The number of ether oxygens (including phenoxy) is 1. The maximum atomic E-state index is 14.0. The third-order valence-corrected chi connectivity index (χ3v) is 5.13. The van der Waals surface area contributed by atoms with Gasteiger partial charge in [-0.1, -0.05) is 29.4 Å². The Morgan fingerprint density at radius 2 is 1.81 bits per heavy atom. The molecule has 0 radical (unpaired) electrons. The van der Waals surface area contributed by atoms with Crippen LogP contribution >= 0.6 is 0 Å². The molecular weight excluding hydrogens is 391 g/mol. The first-order valence-corrected chi connectivity index (χ1v) is 10.2.